The van der Waals surface area contributed by atoms with Crippen molar-refractivity contribution in [2.24, 2.45) is 0 Å². The molecule has 0 aliphatic carbocycles. The third kappa shape index (κ3) is 5.06. The Morgan fingerprint density at radius 3 is 2.71 bits per heavy atom. The minimum absolute atomic E-state index is 0.171. The van der Waals surface area contributed by atoms with Crippen LogP contribution < -0.4 is 0 Å². The van der Waals surface area contributed by atoms with Gasteiger partial charge in [-0.25, -0.2) is 9.97 Å². The molecule has 0 radical (unpaired) electrons. The SMILES string of the molecule is N#Cc1cccc(-c2cnc(-c3cccnc3)nc2C2CCCN(CC(F)(F)F)C2)c1. The first-order valence-corrected chi connectivity index (χ1v) is 10.00. The first kappa shape index (κ1) is 20.9. The van der Waals surface area contributed by atoms with Crippen molar-refractivity contribution in [3.8, 4) is 28.6 Å². The first-order valence-electron chi connectivity index (χ1n) is 10.00. The maximum atomic E-state index is 13.0. The van der Waals surface area contributed by atoms with Gasteiger partial charge in [-0.2, -0.15) is 18.4 Å². The van der Waals surface area contributed by atoms with Crippen molar-refractivity contribution < 1.29 is 13.2 Å². The van der Waals surface area contributed by atoms with E-state index in [2.05, 4.69) is 16.0 Å². The molecule has 3 aromatic rings. The van der Waals surface area contributed by atoms with Crippen molar-refractivity contribution >= 4 is 0 Å². The van der Waals surface area contributed by atoms with Gasteiger partial charge in [-0.15, -0.1) is 0 Å². The Kier molecular flexibility index (Phi) is 5.96. The van der Waals surface area contributed by atoms with Crippen LogP contribution in [0.5, 0.6) is 0 Å². The summed E-state index contributed by atoms with van der Waals surface area (Å²) in [6.45, 7) is -0.243. The van der Waals surface area contributed by atoms with Gasteiger partial charge < -0.3 is 0 Å². The summed E-state index contributed by atoms with van der Waals surface area (Å²) in [5.41, 5.74) is 3.46. The lowest BCUT2D eigenvalue weighted by Gasteiger charge is -2.33. The molecule has 31 heavy (non-hydrogen) atoms. The predicted octanol–water partition coefficient (Wildman–Crippen LogP) is 4.82. The fourth-order valence-corrected chi connectivity index (χ4v) is 3.99. The number of hydrogen-bond donors (Lipinski definition) is 0. The zero-order valence-corrected chi connectivity index (χ0v) is 16.7. The van der Waals surface area contributed by atoms with E-state index in [-0.39, 0.29) is 12.5 Å². The van der Waals surface area contributed by atoms with Gasteiger partial charge in [0.15, 0.2) is 5.82 Å². The molecule has 5 nitrogen and oxygen atoms in total. The lowest BCUT2D eigenvalue weighted by Crippen LogP contribution is -2.40. The monoisotopic (exact) mass is 423 g/mol. The van der Waals surface area contributed by atoms with Crippen LogP contribution in [0.1, 0.15) is 30.0 Å². The zero-order chi connectivity index (χ0) is 21.8. The summed E-state index contributed by atoms with van der Waals surface area (Å²) < 4.78 is 38.9. The molecule has 158 valence electrons. The van der Waals surface area contributed by atoms with E-state index in [1.807, 2.05) is 12.1 Å². The molecule has 0 spiro atoms. The van der Waals surface area contributed by atoms with Gasteiger partial charge in [0.1, 0.15) is 0 Å². The standard InChI is InChI=1S/C23H20F3N5/c24-23(25,26)15-31-9-3-7-19(14-31)21-20(17-5-1-4-16(10-17)11-27)13-29-22(30-21)18-6-2-8-28-12-18/h1-2,4-6,8,10,12-13,19H,3,7,9,14-15H2. The Morgan fingerprint density at radius 1 is 1.13 bits per heavy atom. The van der Waals surface area contributed by atoms with Crippen LogP contribution in [0.4, 0.5) is 13.2 Å². The smallest absolute Gasteiger partial charge is 0.294 e. The van der Waals surface area contributed by atoms with Crippen molar-refractivity contribution in [2.45, 2.75) is 24.9 Å². The Bertz CT molecular complexity index is 1090. The predicted molar refractivity (Wildman–Crippen MR) is 110 cm³/mol. The van der Waals surface area contributed by atoms with E-state index >= 15 is 0 Å². The fourth-order valence-electron chi connectivity index (χ4n) is 3.99. The number of hydrogen-bond acceptors (Lipinski definition) is 5. The molecule has 1 atom stereocenters. The highest BCUT2D eigenvalue weighted by atomic mass is 19.4. The quantitative estimate of drug-likeness (QED) is 0.602. The Morgan fingerprint density at radius 2 is 1.97 bits per heavy atom. The van der Waals surface area contributed by atoms with Crippen molar-refractivity contribution in [2.75, 3.05) is 19.6 Å². The Labute approximate surface area is 178 Å². The molecule has 1 aromatic carbocycles. The molecule has 1 unspecified atom stereocenters. The van der Waals surface area contributed by atoms with E-state index in [0.717, 1.165) is 23.1 Å². The molecular formula is C23H20F3N5. The van der Waals surface area contributed by atoms with Gasteiger partial charge in [0.05, 0.1) is 23.9 Å². The summed E-state index contributed by atoms with van der Waals surface area (Å²) in [5.74, 6) is 0.312. The average molecular weight is 423 g/mol. The fraction of sp³-hybridized carbons (Fsp3) is 0.304. The van der Waals surface area contributed by atoms with E-state index in [4.69, 9.17) is 4.98 Å². The second kappa shape index (κ2) is 8.82. The molecule has 0 amide bonds. The van der Waals surface area contributed by atoms with Crippen LogP contribution in [0.15, 0.2) is 55.0 Å². The number of benzene rings is 1. The van der Waals surface area contributed by atoms with Gasteiger partial charge in [-0.05, 0) is 49.2 Å². The minimum Gasteiger partial charge on any atom is -0.294 e. The maximum absolute atomic E-state index is 13.0. The highest BCUT2D eigenvalue weighted by molar-refractivity contribution is 5.69. The summed E-state index contributed by atoms with van der Waals surface area (Å²) in [4.78, 5) is 14.8. The maximum Gasteiger partial charge on any atom is 0.401 e. The van der Waals surface area contributed by atoms with Gasteiger partial charge in [-0.1, -0.05) is 12.1 Å². The number of nitrogens with zero attached hydrogens (tertiary/aromatic N) is 5. The number of halogens is 3. The second-order valence-electron chi connectivity index (χ2n) is 7.62. The Hall–Kier alpha value is -3.31. The van der Waals surface area contributed by atoms with E-state index < -0.39 is 12.7 Å². The summed E-state index contributed by atoms with van der Waals surface area (Å²) in [7, 11) is 0. The third-order valence-electron chi connectivity index (χ3n) is 5.34. The Balaban J connectivity index is 1.76. The van der Waals surface area contributed by atoms with E-state index in [0.29, 0.717) is 30.0 Å². The van der Waals surface area contributed by atoms with Crippen LogP contribution in [0.25, 0.3) is 22.5 Å². The molecule has 1 saturated heterocycles. The summed E-state index contributed by atoms with van der Waals surface area (Å²) in [5, 5.41) is 9.26. The third-order valence-corrected chi connectivity index (χ3v) is 5.34. The van der Waals surface area contributed by atoms with E-state index in [1.165, 1.54) is 4.90 Å². The molecule has 8 heteroatoms. The molecule has 4 rings (SSSR count). The highest BCUT2D eigenvalue weighted by Gasteiger charge is 2.34. The lowest BCUT2D eigenvalue weighted by atomic mass is 9.89. The molecular weight excluding hydrogens is 403 g/mol. The number of rotatable bonds is 4. The molecule has 2 aromatic heterocycles. The zero-order valence-electron chi connectivity index (χ0n) is 16.7. The molecule has 0 bridgehead atoms. The summed E-state index contributed by atoms with van der Waals surface area (Å²) in [6, 6.07) is 12.9. The van der Waals surface area contributed by atoms with Crippen LogP contribution in [-0.2, 0) is 0 Å². The topological polar surface area (TPSA) is 65.7 Å². The summed E-state index contributed by atoms with van der Waals surface area (Å²) in [6.07, 6.45) is 2.17. The second-order valence-corrected chi connectivity index (χ2v) is 7.62. The van der Waals surface area contributed by atoms with Gasteiger partial charge in [-0.3, -0.25) is 9.88 Å². The van der Waals surface area contributed by atoms with Crippen LogP contribution in [-0.4, -0.2) is 45.7 Å². The lowest BCUT2D eigenvalue weighted by molar-refractivity contribution is -0.148. The molecule has 0 saturated carbocycles. The molecule has 1 aliphatic heterocycles. The van der Waals surface area contributed by atoms with E-state index in [9.17, 15) is 18.4 Å². The largest absolute Gasteiger partial charge is 0.401 e. The van der Waals surface area contributed by atoms with Crippen LogP contribution in [0.3, 0.4) is 0 Å². The molecule has 1 fully saturated rings. The highest BCUT2D eigenvalue weighted by Crippen LogP contribution is 2.35. The average Bonchev–Trinajstić information content (AvgIpc) is 2.78. The number of nitriles is 1. The first-order chi connectivity index (χ1) is 14.9. The van der Waals surface area contributed by atoms with Crippen LogP contribution in [0, 0.1) is 11.3 Å². The van der Waals surface area contributed by atoms with Crippen molar-refractivity contribution in [1.29, 1.82) is 5.26 Å². The van der Waals surface area contributed by atoms with Crippen molar-refractivity contribution in [3.63, 3.8) is 0 Å². The number of likely N-dealkylation sites (tertiary alicyclic amines) is 1. The summed E-state index contributed by atoms with van der Waals surface area (Å²) >= 11 is 0. The van der Waals surface area contributed by atoms with Gasteiger partial charge in [0, 0.05) is 42.2 Å². The minimum atomic E-state index is -4.24. The number of aromatic nitrogens is 3. The van der Waals surface area contributed by atoms with Crippen molar-refractivity contribution in [3.05, 3.63) is 66.2 Å². The van der Waals surface area contributed by atoms with Crippen LogP contribution in [0.2, 0.25) is 0 Å². The number of alkyl halides is 3. The number of piperidine rings is 1. The molecule has 3 heterocycles. The van der Waals surface area contributed by atoms with Gasteiger partial charge in [0.2, 0.25) is 0 Å². The normalized spacial score (nSPS) is 17.3. The van der Waals surface area contributed by atoms with Crippen LogP contribution >= 0.6 is 0 Å². The van der Waals surface area contributed by atoms with E-state index in [1.54, 1.807) is 42.9 Å². The number of pyridine rings is 1. The molecule has 0 N–H and O–H groups in total. The molecule has 1 aliphatic rings. The van der Waals surface area contributed by atoms with Gasteiger partial charge in [0.25, 0.3) is 0 Å². The van der Waals surface area contributed by atoms with Gasteiger partial charge >= 0.3 is 6.18 Å². The van der Waals surface area contributed by atoms with Crippen molar-refractivity contribution in [1.82, 2.24) is 19.9 Å².